The van der Waals surface area contributed by atoms with Gasteiger partial charge in [0.2, 0.25) is 0 Å². The Morgan fingerprint density at radius 1 is 1.07 bits per heavy atom. The van der Waals surface area contributed by atoms with Crippen LogP contribution in [0.15, 0.2) is 47.0 Å². The van der Waals surface area contributed by atoms with Crippen LogP contribution in [-0.2, 0) is 19.6 Å². The number of aryl methyl sites for hydroxylation is 2. The summed E-state index contributed by atoms with van der Waals surface area (Å²) in [6.45, 7) is 8.06. The third kappa shape index (κ3) is 4.17. The van der Waals surface area contributed by atoms with E-state index in [0.29, 0.717) is 37.6 Å². The van der Waals surface area contributed by atoms with Gasteiger partial charge in [0.15, 0.2) is 0 Å². The SMILES string of the molecule is CCOc1ccc2c(c1)CN(C(=O)c1ccc(OCc3c(C)noc3C)cc1)CC2. The van der Waals surface area contributed by atoms with Gasteiger partial charge in [-0.3, -0.25) is 4.79 Å². The van der Waals surface area contributed by atoms with E-state index in [4.69, 9.17) is 14.0 Å². The first-order chi connectivity index (χ1) is 14.5. The van der Waals surface area contributed by atoms with E-state index in [1.165, 1.54) is 5.56 Å². The molecule has 3 aromatic rings. The Bertz CT molecular complexity index is 1020. The molecule has 0 saturated carbocycles. The van der Waals surface area contributed by atoms with Crippen molar-refractivity contribution >= 4 is 5.91 Å². The molecule has 0 atom stereocenters. The maximum absolute atomic E-state index is 13.0. The van der Waals surface area contributed by atoms with Crippen molar-refractivity contribution in [2.75, 3.05) is 13.2 Å². The monoisotopic (exact) mass is 406 g/mol. The topological polar surface area (TPSA) is 64.8 Å². The standard InChI is InChI=1S/C24H26N2O4/c1-4-28-22-10-5-18-11-12-26(14-20(18)13-22)24(27)19-6-8-21(9-7-19)29-15-23-16(2)25-30-17(23)3/h5-10,13H,4,11-12,14-15H2,1-3H3. The van der Waals surface area contributed by atoms with E-state index in [0.717, 1.165) is 34.8 Å². The highest BCUT2D eigenvalue weighted by Crippen LogP contribution is 2.25. The second-order valence-electron chi connectivity index (χ2n) is 7.46. The van der Waals surface area contributed by atoms with Crippen LogP contribution in [0.4, 0.5) is 0 Å². The number of amides is 1. The average Bonchev–Trinajstić information content (AvgIpc) is 3.09. The lowest BCUT2D eigenvalue weighted by atomic mass is 9.99. The van der Waals surface area contributed by atoms with Crippen molar-refractivity contribution in [3.63, 3.8) is 0 Å². The Morgan fingerprint density at radius 2 is 1.83 bits per heavy atom. The molecule has 0 N–H and O–H groups in total. The number of carbonyl (C=O) groups excluding carboxylic acids is 1. The number of nitrogens with zero attached hydrogens (tertiary/aromatic N) is 2. The second kappa shape index (κ2) is 8.61. The van der Waals surface area contributed by atoms with Crippen LogP contribution in [0.5, 0.6) is 11.5 Å². The molecular weight excluding hydrogens is 380 g/mol. The summed E-state index contributed by atoms with van der Waals surface area (Å²) in [4.78, 5) is 14.9. The number of benzene rings is 2. The van der Waals surface area contributed by atoms with E-state index in [-0.39, 0.29) is 5.91 Å². The van der Waals surface area contributed by atoms with Gasteiger partial charge in [-0.05, 0) is 74.7 Å². The summed E-state index contributed by atoms with van der Waals surface area (Å²) in [5, 5.41) is 3.94. The van der Waals surface area contributed by atoms with Crippen LogP contribution in [0.1, 0.15) is 45.4 Å². The largest absolute Gasteiger partial charge is 0.494 e. The first-order valence-corrected chi connectivity index (χ1v) is 10.2. The first kappa shape index (κ1) is 20.0. The number of hydrogen-bond acceptors (Lipinski definition) is 5. The fourth-order valence-corrected chi connectivity index (χ4v) is 3.70. The summed E-state index contributed by atoms with van der Waals surface area (Å²) >= 11 is 0. The molecule has 0 saturated heterocycles. The zero-order valence-corrected chi connectivity index (χ0v) is 17.6. The highest BCUT2D eigenvalue weighted by atomic mass is 16.5. The fourth-order valence-electron chi connectivity index (χ4n) is 3.70. The van der Waals surface area contributed by atoms with Gasteiger partial charge >= 0.3 is 0 Å². The molecule has 0 unspecified atom stereocenters. The molecule has 4 rings (SSSR count). The minimum Gasteiger partial charge on any atom is -0.494 e. The van der Waals surface area contributed by atoms with E-state index in [1.54, 1.807) is 0 Å². The van der Waals surface area contributed by atoms with Gasteiger partial charge in [-0.1, -0.05) is 11.2 Å². The Labute approximate surface area is 176 Å². The number of fused-ring (bicyclic) bond motifs is 1. The summed E-state index contributed by atoms with van der Waals surface area (Å²) < 4.78 is 16.6. The molecule has 6 heteroatoms. The Morgan fingerprint density at radius 3 is 2.53 bits per heavy atom. The number of hydrogen-bond donors (Lipinski definition) is 0. The van der Waals surface area contributed by atoms with Gasteiger partial charge in [0, 0.05) is 18.7 Å². The summed E-state index contributed by atoms with van der Waals surface area (Å²) in [7, 11) is 0. The molecule has 1 aliphatic heterocycles. The van der Waals surface area contributed by atoms with Gasteiger partial charge < -0.3 is 18.9 Å². The van der Waals surface area contributed by atoms with E-state index < -0.39 is 0 Å². The summed E-state index contributed by atoms with van der Waals surface area (Å²) in [6, 6.07) is 13.4. The van der Waals surface area contributed by atoms with Crippen LogP contribution in [0.2, 0.25) is 0 Å². The van der Waals surface area contributed by atoms with Crippen LogP contribution in [0.25, 0.3) is 0 Å². The molecule has 1 aromatic heterocycles. The van der Waals surface area contributed by atoms with Gasteiger partial charge in [-0.25, -0.2) is 0 Å². The van der Waals surface area contributed by atoms with Crippen LogP contribution in [-0.4, -0.2) is 29.1 Å². The lowest BCUT2D eigenvalue weighted by Gasteiger charge is -2.29. The number of aromatic nitrogens is 1. The molecule has 2 aromatic carbocycles. The van der Waals surface area contributed by atoms with Gasteiger partial charge in [0.1, 0.15) is 23.9 Å². The predicted octanol–water partition coefficient (Wildman–Crippen LogP) is 4.47. The summed E-state index contributed by atoms with van der Waals surface area (Å²) in [5.41, 5.74) is 4.88. The fraction of sp³-hybridized carbons (Fsp3) is 0.333. The third-order valence-corrected chi connectivity index (χ3v) is 5.45. The quantitative estimate of drug-likeness (QED) is 0.604. The van der Waals surface area contributed by atoms with Crippen molar-refractivity contribution in [2.45, 2.75) is 40.3 Å². The average molecular weight is 406 g/mol. The van der Waals surface area contributed by atoms with Crippen molar-refractivity contribution < 1.29 is 18.8 Å². The highest BCUT2D eigenvalue weighted by molar-refractivity contribution is 5.94. The van der Waals surface area contributed by atoms with E-state index in [9.17, 15) is 4.79 Å². The predicted molar refractivity (Wildman–Crippen MR) is 113 cm³/mol. The zero-order valence-electron chi connectivity index (χ0n) is 17.6. The van der Waals surface area contributed by atoms with E-state index in [1.807, 2.05) is 62.1 Å². The lowest BCUT2D eigenvalue weighted by molar-refractivity contribution is 0.0734. The molecule has 156 valence electrons. The number of rotatable bonds is 6. The van der Waals surface area contributed by atoms with Gasteiger partial charge in [0.25, 0.3) is 5.91 Å². The molecule has 30 heavy (non-hydrogen) atoms. The lowest BCUT2D eigenvalue weighted by Crippen LogP contribution is -2.35. The van der Waals surface area contributed by atoms with Crippen molar-refractivity contribution in [1.29, 1.82) is 0 Å². The minimum absolute atomic E-state index is 0.0275. The van der Waals surface area contributed by atoms with E-state index in [2.05, 4.69) is 11.2 Å². The van der Waals surface area contributed by atoms with Crippen molar-refractivity contribution in [2.24, 2.45) is 0 Å². The van der Waals surface area contributed by atoms with Gasteiger partial charge in [-0.15, -0.1) is 0 Å². The molecule has 1 aliphatic rings. The number of ether oxygens (including phenoxy) is 2. The maximum Gasteiger partial charge on any atom is 0.254 e. The molecule has 0 fully saturated rings. The summed E-state index contributed by atoms with van der Waals surface area (Å²) in [6.07, 6.45) is 0.853. The Hall–Kier alpha value is -3.28. The van der Waals surface area contributed by atoms with Crippen LogP contribution in [0.3, 0.4) is 0 Å². The molecule has 0 bridgehead atoms. The van der Waals surface area contributed by atoms with Crippen molar-refractivity contribution in [3.05, 3.63) is 76.2 Å². The smallest absolute Gasteiger partial charge is 0.254 e. The second-order valence-corrected chi connectivity index (χ2v) is 7.46. The third-order valence-electron chi connectivity index (χ3n) is 5.45. The van der Waals surface area contributed by atoms with Crippen LogP contribution in [0, 0.1) is 13.8 Å². The zero-order chi connectivity index (χ0) is 21.1. The molecule has 0 aliphatic carbocycles. The van der Waals surface area contributed by atoms with E-state index >= 15 is 0 Å². The number of carbonyl (C=O) groups is 1. The Balaban J connectivity index is 1.41. The molecule has 6 nitrogen and oxygen atoms in total. The Kier molecular flexibility index (Phi) is 5.74. The minimum atomic E-state index is 0.0275. The molecule has 0 spiro atoms. The maximum atomic E-state index is 13.0. The van der Waals surface area contributed by atoms with Crippen molar-refractivity contribution in [1.82, 2.24) is 10.1 Å². The molecule has 1 amide bonds. The van der Waals surface area contributed by atoms with Gasteiger partial charge in [-0.2, -0.15) is 0 Å². The van der Waals surface area contributed by atoms with Gasteiger partial charge in [0.05, 0.1) is 17.9 Å². The molecule has 0 radical (unpaired) electrons. The summed E-state index contributed by atoms with van der Waals surface area (Å²) in [5.74, 6) is 2.35. The molecular formula is C24H26N2O4. The normalized spacial score (nSPS) is 13.1. The van der Waals surface area contributed by atoms with Crippen LogP contribution < -0.4 is 9.47 Å². The first-order valence-electron chi connectivity index (χ1n) is 10.2. The van der Waals surface area contributed by atoms with Crippen molar-refractivity contribution in [3.8, 4) is 11.5 Å². The highest BCUT2D eigenvalue weighted by Gasteiger charge is 2.22. The molecule has 2 heterocycles. The van der Waals surface area contributed by atoms with Crippen LogP contribution >= 0.6 is 0 Å².